The fourth-order valence-electron chi connectivity index (χ4n) is 3.66. The summed E-state index contributed by atoms with van der Waals surface area (Å²) in [7, 11) is 1.60. The van der Waals surface area contributed by atoms with Crippen LogP contribution in [0.4, 0.5) is 4.79 Å². The number of urea groups is 1. The molecule has 1 aromatic rings. The van der Waals surface area contributed by atoms with Crippen molar-refractivity contribution in [3.05, 3.63) is 41.1 Å². The van der Waals surface area contributed by atoms with Crippen molar-refractivity contribution in [1.29, 1.82) is 0 Å². The van der Waals surface area contributed by atoms with E-state index < -0.39 is 6.04 Å². The lowest BCUT2D eigenvalue weighted by Crippen LogP contribution is -2.44. The van der Waals surface area contributed by atoms with Gasteiger partial charge in [0.25, 0.3) is 5.91 Å². The lowest BCUT2D eigenvalue weighted by molar-refractivity contribution is -0.127. The standard InChI is InChI=1S/C18H21N3O4/c1-24-12-6-4-11(5-7-12)16-15-14(19-18(23)20-16)10-21(17(15)22)9-13-3-2-8-25-13/h4-7,13,16H,2-3,8-10H2,1H3,(H2,19,20,23)/t13-,16+/m0/s1. The molecule has 7 nitrogen and oxygen atoms in total. The summed E-state index contributed by atoms with van der Waals surface area (Å²) in [6.45, 7) is 1.75. The zero-order valence-corrected chi connectivity index (χ0v) is 14.1. The van der Waals surface area contributed by atoms with Gasteiger partial charge >= 0.3 is 6.03 Å². The van der Waals surface area contributed by atoms with Crippen molar-refractivity contribution in [1.82, 2.24) is 15.5 Å². The lowest BCUT2D eigenvalue weighted by atomic mass is 9.96. The first-order valence-electron chi connectivity index (χ1n) is 8.51. The Hall–Kier alpha value is -2.54. The number of carbonyl (C=O) groups is 2. The Labute approximate surface area is 146 Å². The molecule has 25 heavy (non-hydrogen) atoms. The molecule has 0 radical (unpaired) electrons. The van der Waals surface area contributed by atoms with E-state index in [4.69, 9.17) is 9.47 Å². The third-order valence-corrected chi connectivity index (χ3v) is 4.92. The Bertz CT molecular complexity index is 722. The molecule has 4 rings (SSSR count). The number of carbonyl (C=O) groups excluding carboxylic acids is 2. The largest absolute Gasteiger partial charge is 0.497 e. The Morgan fingerprint density at radius 1 is 1.28 bits per heavy atom. The summed E-state index contributed by atoms with van der Waals surface area (Å²) >= 11 is 0. The van der Waals surface area contributed by atoms with Crippen LogP contribution in [0.25, 0.3) is 0 Å². The summed E-state index contributed by atoms with van der Waals surface area (Å²) in [5.41, 5.74) is 2.16. The maximum Gasteiger partial charge on any atom is 0.319 e. The number of hydrogen-bond donors (Lipinski definition) is 2. The summed E-state index contributed by atoms with van der Waals surface area (Å²) in [5, 5.41) is 5.65. The first kappa shape index (κ1) is 16.0. The van der Waals surface area contributed by atoms with Gasteiger partial charge in [-0.2, -0.15) is 0 Å². The maximum atomic E-state index is 12.9. The van der Waals surface area contributed by atoms with E-state index in [2.05, 4.69) is 10.6 Å². The van der Waals surface area contributed by atoms with Crippen LogP contribution in [0.3, 0.4) is 0 Å². The highest BCUT2D eigenvalue weighted by molar-refractivity contribution is 6.01. The molecule has 1 saturated heterocycles. The highest BCUT2D eigenvalue weighted by Crippen LogP contribution is 2.33. The van der Waals surface area contributed by atoms with E-state index in [9.17, 15) is 9.59 Å². The molecule has 0 aromatic heterocycles. The number of nitrogens with zero attached hydrogens (tertiary/aromatic N) is 1. The van der Waals surface area contributed by atoms with E-state index in [1.165, 1.54) is 0 Å². The molecule has 1 aromatic carbocycles. The third-order valence-electron chi connectivity index (χ3n) is 4.92. The number of ether oxygens (including phenoxy) is 2. The second kappa shape index (κ2) is 6.40. The minimum Gasteiger partial charge on any atom is -0.497 e. The predicted octanol–water partition coefficient (Wildman–Crippen LogP) is 1.32. The van der Waals surface area contributed by atoms with Crippen molar-refractivity contribution >= 4 is 11.9 Å². The van der Waals surface area contributed by atoms with Crippen molar-refractivity contribution in [2.45, 2.75) is 25.0 Å². The van der Waals surface area contributed by atoms with E-state index >= 15 is 0 Å². The molecule has 3 aliphatic rings. The number of rotatable bonds is 4. The van der Waals surface area contributed by atoms with Crippen molar-refractivity contribution in [3.8, 4) is 5.75 Å². The van der Waals surface area contributed by atoms with Gasteiger partial charge in [-0.1, -0.05) is 12.1 Å². The SMILES string of the molecule is COc1ccc([C@H]2NC(=O)NC3=C2C(=O)N(C[C@@H]2CCCO2)C3)cc1. The van der Waals surface area contributed by atoms with Crippen molar-refractivity contribution < 1.29 is 19.1 Å². The van der Waals surface area contributed by atoms with Crippen LogP contribution in [0, 0.1) is 0 Å². The molecule has 0 aliphatic carbocycles. The third kappa shape index (κ3) is 2.95. The summed E-state index contributed by atoms with van der Waals surface area (Å²) in [5.74, 6) is 0.690. The van der Waals surface area contributed by atoms with Crippen LogP contribution < -0.4 is 15.4 Å². The average molecular weight is 343 g/mol. The van der Waals surface area contributed by atoms with Crippen molar-refractivity contribution in [2.24, 2.45) is 0 Å². The normalized spacial score (nSPS) is 25.7. The first-order chi connectivity index (χ1) is 12.2. The van der Waals surface area contributed by atoms with Crippen LogP contribution in [0.5, 0.6) is 5.75 Å². The van der Waals surface area contributed by atoms with Gasteiger partial charge < -0.3 is 25.0 Å². The van der Waals surface area contributed by atoms with E-state index in [0.717, 1.165) is 30.8 Å². The summed E-state index contributed by atoms with van der Waals surface area (Å²) in [6.07, 6.45) is 2.10. The van der Waals surface area contributed by atoms with Crippen molar-refractivity contribution in [3.63, 3.8) is 0 Å². The highest BCUT2D eigenvalue weighted by Gasteiger charge is 2.41. The lowest BCUT2D eigenvalue weighted by Gasteiger charge is -2.25. The number of nitrogens with one attached hydrogen (secondary N) is 2. The van der Waals surface area contributed by atoms with Gasteiger partial charge in [0.1, 0.15) is 5.75 Å². The van der Waals surface area contributed by atoms with E-state index in [0.29, 0.717) is 24.4 Å². The molecule has 3 heterocycles. The zero-order chi connectivity index (χ0) is 17.4. The quantitative estimate of drug-likeness (QED) is 0.864. The van der Waals surface area contributed by atoms with Gasteiger partial charge in [-0.3, -0.25) is 4.79 Å². The van der Waals surface area contributed by atoms with E-state index in [-0.39, 0.29) is 18.0 Å². The molecule has 0 unspecified atom stereocenters. The molecule has 0 saturated carbocycles. The molecule has 3 aliphatic heterocycles. The number of amides is 3. The van der Waals surface area contributed by atoms with Gasteiger partial charge in [0.2, 0.25) is 0 Å². The average Bonchev–Trinajstić information content (AvgIpc) is 3.23. The molecule has 2 N–H and O–H groups in total. The predicted molar refractivity (Wildman–Crippen MR) is 90.0 cm³/mol. The molecular weight excluding hydrogens is 322 g/mol. The number of methoxy groups -OCH3 is 1. The van der Waals surface area contributed by atoms with Crippen LogP contribution in [-0.2, 0) is 9.53 Å². The van der Waals surface area contributed by atoms with Crippen LogP contribution in [0.15, 0.2) is 35.5 Å². The zero-order valence-electron chi connectivity index (χ0n) is 14.1. The molecular formula is C18H21N3O4. The molecule has 132 valence electrons. The first-order valence-corrected chi connectivity index (χ1v) is 8.51. The molecule has 0 bridgehead atoms. The van der Waals surface area contributed by atoms with Crippen LogP contribution in [-0.4, -0.2) is 49.7 Å². The van der Waals surface area contributed by atoms with Gasteiger partial charge in [-0.15, -0.1) is 0 Å². The number of benzene rings is 1. The van der Waals surface area contributed by atoms with Crippen LogP contribution in [0.2, 0.25) is 0 Å². The van der Waals surface area contributed by atoms with Crippen LogP contribution >= 0.6 is 0 Å². The van der Waals surface area contributed by atoms with E-state index in [1.807, 2.05) is 24.3 Å². The van der Waals surface area contributed by atoms with Gasteiger partial charge in [0, 0.05) is 13.2 Å². The summed E-state index contributed by atoms with van der Waals surface area (Å²) in [4.78, 5) is 26.7. The molecule has 2 atom stereocenters. The van der Waals surface area contributed by atoms with Gasteiger partial charge in [-0.25, -0.2) is 4.79 Å². The summed E-state index contributed by atoms with van der Waals surface area (Å²) < 4.78 is 10.8. The fraction of sp³-hybridized carbons (Fsp3) is 0.444. The minimum atomic E-state index is -0.448. The second-order valence-electron chi connectivity index (χ2n) is 6.52. The number of hydrogen-bond acceptors (Lipinski definition) is 4. The van der Waals surface area contributed by atoms with E-state index in [1.54, 1.807) is 12.0 Å². The van der Waals surface area contributed by atoms with Gasteiger partial charge in [0.15, 0.2) is 0 Å². The Kier molecular flexibility index (Phi) is 4.09. The molecule has 1 fully saturated rings. The summed E-state index contributed by atoms with van der Waals surface area (Å²) in [6, 6.07) is 6.66. The Balaban J connectivity index is 1.58. The van der Waals surface area contributed by atoms with Gasteiger partial charge in [-0.05, 0) is 30.5 Å². The fourth-order valence-corrected chi connectivity index (χ4v) is 3.66. The van der Waals surface area contributed by atoms with Gasteiger partial charge in [0.05, 0.1) is 37.1 Å². The monoisotopic (exact) mass is 343 g/mol. The smallest absolute Gasteiger partial charge is 0.319 e. The topological polar surface area (TPSA) is 79.9 Å². The Morgan fingerprint density at radius 3 is 2.76 bits per heavy atom. The van der Waals surface area contributed by atoms with Crippen LogP contribution in [0.1, 0.15) is 24.4 Å². The maximum absolute atomic E-state index is 12.9. The second-order valence-corrected chi connectivity index (χ2v) is 6.52. The molecule has 0 spiro atoms. The minimum absolute atomic E-state index is 0.0428. The Morgan fingerprint density at radius 2 is 2.08 bits per heavy atom. The molecule has 3 amide bonds. The molecule has 7 heteroatoms. The van der Waals surface area contributed by atoms with Crippen molar-refractivity contribution in [2.75, 3.05) is 26.8 Å². The highest BCUT2D eigenvalue weighted by atomic mass is 16.5.